The SMILES string of the molecule is CC(C)(C)c1cc(NC(=O)Nc2ccc(OC3=CC=NC4=NC(=O)C=NC34)cc2F)n(-c2cccc(F)c2)n1. The Bertz CT molecular complexity index is 1600. The first kappa shape index (κ1) is 25.6. The molecule has 1 aromatic heterocycles. The summed E-state index contributed by atoms with van der Waals surface area (Å²) in [6, 6.07) is 9.95. The second-order valence-corrected chi connectivity index (χ2v) is 9.72. The number of nitrogens with one attached hydrogen (secondary N) is 2. The van der Waals surface area contributed by atoms with Crippen LogP contribution in [-0.4, -0.2) is 46.0 Å². The van der Waals surface area contributed by atoms with Crippen LogP contribution in [0, 0.1) is 11.6 Å². The first-order chi connectivity index (χ1) is 18.6. The molecule has 198 valence electrons. The Labute approximate surface area is 221 Å². The van der Waals surface area contributed by atoms with E-state index in [4.69, 9.17) is 4.74 Å². The molecule has 0 saturated heterocycles. The molecule has 3 heterocycles. The Kier molecular flexibility index (Phi) is 6.60. The van der Waals surface area contributed by atoms with Crippen LogP contribution in [0.4, 0.5) is 25.1 Å². The van der Waals surface area contributed by atoms with Crippen molar-refractivity contribution in [2.24, 2.45) is 15.0 Å². The van der Waals surface area contributed by atoms with Crippen LogP contribution in [0.25, 0.3) is 5.69 Å². The zero-order chi connectivity index (χ0) is 27.7. The molecule has 0 bridgehead atoms. The minimum absolute atomic E-state index is 0.101. The van der Waals surface area contributed by atoms with Gasteiger partial charge in [-0.1, -0.05) is 26.8 Å². The highest BCUT2D eigenvalue weighted by atomic mass is 19.1. The molecule has 39 heavy (non-hydrogen) atoms. The largest absolute Gasteiger partial charge is 0.459 e. The van der Waals surface area contributed by atoms with E-state index in [1.807, 2.05) is 20.8 Å². The minimum Gasteiger partial charge on any atom is -0.459 e. The van der Waals surface area contributed by atoms with Crippen molar-refractivity contribution in [2.75, 3.05) is 10.6 Å². The lowest BCUT2D eigenvalue weighted by Crippen LogP contribution is -2.30. The van der Waals surface area contributed by atoms with E-state index in [2.05, 4.69) is 30.7 Å². The number of dihydropyridines is 1. The van der Waals surface area contributed by atoms with Crippen molar-refractivity contribution in [3.63, 3.8) is 0 Å². The molecular weight excluding hydrogens is 508 g/mol. The van der Waals surface area contributed by atoms with Crippen molar-refractivity contribution in [3.8, 4) is 11.4 Å². The predicted molar refractivity (Wildman–Crippen MR) is 143 cm³/mol. The van der Waals surface area contributed by atoms with Crippen molar-refractivity contribution < 1.29 is 23.1 Å². The van der Waals surface area contributed by atoms with Gasteiger partial charge in [-0.3, -0.25) is 15.1 Å². The van der Waals surface area contributed by atoms with E-state index in [1.54, 1.807) is 18.2 Å². The van der Waals surface area contributed by atoms with E-state index in [9.17, 15) is 18.4 Å². The van der Waals surface area contributed by atoms with Crippen molar-refractivity contribution in [1.82, 2.24) is 9.78 Å². The first-order valence-corrected chi connectivity index (χ1v) is 11.9. The lowest BCUT2D eigenvalue weighted by molar-refractivity contribution is -0.111. The Morgan fingerprint density at radius 1 is 1.08 bits per heavy atom. The van der Waals surface area contributed by atoms with Gasteiger partial charge in [0.15, 0.2) is 11.9 Å². The summed E-state index contributed by atoms with van der Waals surface area (Å²) in [5, 5.41) is 9.66. The Morgan fingerprint density at radius 2 is 1.90 bits per heavy atom. The number of fused-ring (bicyclic) bond motifs is 1. The molecule has 2 aromatic carbocycles. The van der Waals surface area contributed by atoms with E-state index in [0.717, 1.165) is 12.3 Å². The lowest BCUT2D eigenvalue weighted by Gasteiger charge is -2.20. The van der Waals surface area contributed by atoms with E-state index < -0.39 is 29.6 Å². The fraction of sp³-hybridized carbons (Fsp3) is 0.185. The van der Waals surface area contributed by atoms with Gasteiger partial charge in [0, 0.05) is 23.8 Å². The van der Waals surface area contributed by atoms with Crippen molar-refractivity contribution in [3.05, 3.63) is 77.7 Å². The number of aliphatic imine (C=N–C) groups is 3. The van der Waals surface area contributed by atoms with Gasteiger partial charge in [0.2, 0.25) is 0 Å². The van der Waals surface area contributed by atoms with Crippen molar-refractivity contribution in [1.29, 1.82) is 0 Å². The number of anilines is 2. The highest BCUT2D eigenvalue weighted by Crippen LogP contribution is 2.28. The van der Waals surface area contributed by atoms with Gasteiger partial charge >= 0.3 is 6.03 Å². The van der Waals surface area contributed by atoms with Crippen LogP contribution in [0.15, 0.2) is 75.3 Å². The number of hydrogen-bond donors (Lipinski definition) is 2. The molecule has 2 N–H and O–H groups in total. The Hall–Kier alpha value is -5.00. The molecule has 10 nitrogen and oxygen atoms in total. The number of nitrogens with zero attached hydrogens (tertiary/aromatic N) is 5. The number of carbonyl (C=O) groups is 2. The van der Waals surface area contributed by atoms with E-state index >= 15 is 0 Å². The summed E-state index contributed by atoms with van der Waals surface area (Å²) < 4.78 is 36.0. The second kappa shape index (κ2) is 10.0. The van der Waals surface area contributed by atoms with Gasteiger partial charge in [-0.25, -0.2) is 23.2 Å². The molecule has 3 amide bonds. The highest BCUT2D eigenvalue weighted by Gasteiger charge is 2.28. The first-order valence-electron chi connectivity index (χ1n) is 11.9. The zero-order valence-electron chi connectivity index (χ0n) is 21.1. The summed E-state index contributed by atoms with van der Waals surface area (Å²) in [6.07, 6.45) is 4.03. The van der Waals surface area contributed by atoms with Crippen molar-refractivity contribution >= 4 is 41.7 Å². The van der Waals surface area contributed by atoms with Gasteiger partial charge in [-0.2, -0.15) is 10.1 Å². The number of hydrogen-bond acceptors (Lipinski definition) is 6. The topological polar surface area (TPSA) is 122 Å². The van der Waals surface area contributed by atoms with E-state index in [0.29, 0.717) is 17.1 Å². The van der Waals surface area contributed by atoms with E-state index in [-0.39, 0.29) is 28.5 Å². The maximum atomic E-state index is 14.9. The number of amides is 3. The van der Waals surface area contributed by atoms with Gasteiger partial charge in [0.25, 0.3) is 5.91 Å². The number of halogens is 2. The minimum atomic E-state index is -0.752. The normalized spacial score (nSPS) is 16.3. The maximum Gasteiger partial charge on any atom is 0.324 e. The number of benzene rings is 2. The molecule has 0 aliphatic carbocycles. The van der Waals surface area contributed by atoms with Gasteiger partial charge in [-0.05, 0) is 36.4 Å². The molecule has 3 aromatic rings. The fourth-order valence-corrected chi connectivity index (χ4v) is 3.78. The molecule has 1 atom stereocenters. The number of urea groups is 1. The summed E-state index contributed by atoms with van der Waals surface area (Å²) >= 11 is 0. The second-order valence-electron chi connectivity index (χ2n) is 9.72. The van der Waals surface area contributed by atoms with Gasteiger partial charge < -0.3 is 10.1 Å². The summed E-state index contributed by atoms with van der Waals surface area (Å²) in [6.45, 7) is 5.87. The smallest absolute Gasteiger partial charge is 0.324 e. The van der Waals surface area contributed by atoms with Crippen LogP contribution in [0.5, 0.6) is 5.75 Å². The molecule has 0 spiro atoms. The molecule has 1 unspecified atom stereocenters. The summed E-state index contributed by atoms with van der Waals surface area (Å²) in [5.41, 5.74) is 0.625. The number of amidine groups is 1. The predicted octanol–water partition coefficient (Wildman–Crippen LogP) is 4.82. The third-order valence-electron chi connectivity index (χ3n) is 5.72. The van der Waals surface area contributed by atoms with E-state index in [1.165, 1.54) is 41.2 Å². The number of aromatic nitrogens is 2. The van der Waals surface area contributed by atoms with Crippen LogP contribution >= 0.6 is 0 Å². The quantitative estimate of drug-likeness (QED) is 0.490. The van der Waals surface area contributed by atoms with Crippen LogP contribution < -0.4 is 15.4 Å². The van der Waals surface area contributed by atoms with Crippen LogP contribution in [-0.2, 0) is 10.2 Å². The third kappa shape index (κ3) is 5.64. The molecular formula is C27H23F2N7O3. The van der Waals surface area contributed by atoms with Crippen LogP contribution in [0.2, 0.25) is 0 Å². The Morgan fingerprint density at radius 3 is 2.64 bits per heavy atom. The molecule has 2 aliphatic heterocycles. The fourth-order valence-electron chi connectivity index (χ4n) is 3.78. The summed E-state index contributed by atoms with van der Waals surface area (Å²) in [4.78, 5) is 36.1. The molecule has 12 heteroatoms. The molecule has 0 saturated carbocycles. The van der Waals surface area contributed by atoms with Crippen molar-refractivity contribution in [2.45, 2.75) is 32.2 Å². The third-order valence-corrected chi connectivity index (χ3v) is 5.72. The number of rotatable bonds is 5. The van der Waals surface area contributed by atoms with Gasteiger partial charge in [-0.15, -0.1) is 0 Å². The lowest BCUT2D eigenvalue weighted by atomic mass is 9.92. The average Bonchev–Trinajstić information content (AvgIpc) is 3.30. The zero-order valence-corrected chi connectivity index (χ0v) is 21.1. The Balaban J connectivity index is 1.31. The average molecular weight is 532 g/mol. The van der Waals surface area contributed by atoms with Gasteiger partial charge in [0.1, 0.15) is 29.0 Å². The highest BCUT2D eigenvalue weighted by molar-refractivity contribution is 6.32. The van der Waals surface area contributed by atoms with Crippen LogP contribution in [0.3, 0.4) is 0 Å². The number of carbonyl (C=O) groups excluding carboxylic acids is 2. The summed E-state index contributed by atoms with van der Waals surface area (Å²) in [5.74, 6) is -0.813. The maximum absolute atomic E-state index is 14.9. The number of allylic oxidation sites excluding steroid dienone is 1. The molecule has 0 radical (unpaired) electrons. The molecule has 0 fully saturated rings. The molecule has 2 aliphatic rings. The number of ether oxygens (including phenoxy) is 1. The molecule has 5 rings (SSSR count). The monoisotopic (exact) mass is 531 g/mol. The standard InChI is InChI=1S/C27H23F2N7O3/c1-27(2,3)21-13-22(36(35-21)16-6-4-5-15(28)11-16)33-26(38)32-19-8-7-17(12-18(19)29)39-20-9-10-30-25-24(20)31-14-23(37)34-25/h4-14,24H,1-3H3,(H2,32,33,38). The van der Waals surface area contributed by atoms with Gasteiger partial charge in [0.05, 0.1) is 23.3 Å². The van der Waals surface area contributed by atoms with Crippen LogP contribution in [0.1, 0.15) is 26.5 Å². The summed E-state index contributed by atoms with van der Waals surface area (Å²) in [7, 11) is 0.